The molecular formula is C25H28N2O5. The van der Waals surface area contributed by atoms with Crippen molar-refractivity contribution in [3.63, 3.8) is 0 Å². The predicted molar refractivity (Wildman–Crippen MR) is 119 cm³/mol. The quantitative estimate of drug-likeness (QED) is 0.746. The minimum Gasteiger partial charge on any atom is -0.481 e. The van der Waals surface area contributed by atoms with Crippen molar-refractivity contribution in [1.82, 2.24) is 10.2 Å². The predicted octanol–water partition coefficient (Wildman–Crippen LogP) is 3.63. The van der Waals surface area contributed by atoms with Crippen molar-refractivity contribution in [3.8, 4) is 11.1 Å². The lowest BCUT2D eigenvalue weighted by atomic mass is 9.93. The van der Waals surface area contributed by atoms with Gasteiger partial charge in [0.15, 0.2) is 0 Å². The van der Waals surface area contributed by atoms with E-state index in [4.69, 9.17) is 4.74 Å². The second-order valence-corrected chi connectivity index (χ2v) is 8.64. The SMILES string of the molecule is CC1CCC(C(=O)O)CN1C(=O)[C@@H](C)NC(=O)OCC1c2ccccc2-c2ccccc21. The molecule has 0 aromatic heterocycles. The van der Waals surface area contributed by atoms with Gasteiger partial charge in [0.2, 0.25) is 5.91 Å². The van der Waals surface area contributed by atoms with Crippen LogP contribution in [0.1, 0.15) is 43.7 Å². The summed E-state index contributed by atoms with van der Waals surface area (Å²) in [7, 11) is 0. The fourth-order valence-corrected chi connectivity index (χ4v) is 4.74. The van der Waals surface area contributed by atoms with E-state index in [-0.39, 0.29) is 31.0 Å². The van der Waals surface area contributed by atoms with Gasteiger partial charge in [-0.05, 0) is 48.9 Å². The number of likely N-dealkylation sites (tertiary alicyclic amines) is 1. The first kappa shape index (κ1) is 21.9. The van der Waals surface area contributed by atoms with Gasteiger partial charge in [0, 0.05) is 18.5 Å². The molecule has 2 unspecified atom stereocenters. The summed E-state index contributed by atoms with van der Waals surface area (Å²) in [5.41, 5.74) is 4.53. The molecule has 1 heterocycles. The third kappa shape index (κ3) is 4.20. The summed E-state index contributed by atoms with van der Waals surface area (Å²) in [6.07, 6.45) is 0.515. The van der Waals surface area contributed by atoms with Crippen molar-refractivity contribution in [2.24, 2.45) is 5.92 Å². The number of hydrogen-bond acceptors (Lipinski definition) is 4. The molecular weight excluding hydrogens is 408 g/mol. The van der Waals surface area contributed by atoms with Gasteiger partial charge in [-0.15, -0.1) is 0 Å². The third-order valence-corrected chi connectivity index (χ3v) is 6.56. The third-order valence-electron chi connectivity index (χ3n) is 6.56. The molecule has 32 heavy (non-hydrogen) atoms. The van der Waals surface area contributed by atoms with Gasteiger partial charge in [-0.3, -0.25) is 9.59 Å². The lowest BCUT2D eigenvalue weighted by Gasteiger charge is -2.37. The number of hydrogen-bond donors (Lipinski definition) is 2. The van der Waals surface area contributed by atoms with Gasteiger partial charge in [-0.25, -0.2) is 4.79 Å². The molecule has 1 aliphatic heterocycles. The monoisotopic (exact) mass is 436 g/mol. The fourth-order valence-electron chi connectivity index (χ4n) is 4.74. The minimum absolute atomic E-state index is 0.0578. The van der Waals surface area contributed by atoms with Crippen molar-refractivity contribution in [1.29, 1.82) is 0 Å². The first-order valence-electron chi connectivity index (χ1n) is 11.0. The summed E-state index contributed by atoms with van der Waals surface area (Å²) < 4.78 is 5.52. The number of piperidine rings is 1. The van der Waals surface area contributed by atoms with Crippen LogP contribution in [0.25, 0.3) is 11.1 Å². The summed E-state index contributed by atoms with van der Waals surface area (Å²) in [6.45, 7) is 3.82. The van der Waals surface area contributed by atoms with Crippen LogP contribution in [-0.2, 0) is 14.3 Å². The fraction of sp³-hybridized carbons (Fsp3) is 0.400. The average Bonchev–Trinajstić information content (AvgIpc) is 3.11. The smallest absolute Gasteiger partial charge is 0.407 e. The largest absolute Gasteiger partial charge is 0.481 e. The number of nitrogens with zero attached hydrogens (tertiary/aromatic N) is 1. The van der Waals surface area contributed by atoms with Gasteiger partial charge in [-0.2, -0.15) is 0 Å². The molecule has 0 spiro atoms. The van der Waals surface area contributed by atoms with Gasteiger partial charge in [0.05, 0.1) is 5.92 Å². The van der Waals surface area contributed by atoms with Crippen molar-refractivity contribution >= 4 is 18.0 Å². The van der Waals surface area contributed by atoms with Crippen molar-refractivity contribution in [2.75, 3.05) is 13.2 Å². The van der Waals surface area contributed by atoms with Crippen LogP contribution in [0.4, 0.5) is 4.79 Å². The van der Waals surface area contributed by atoms with E-state index in [2.05, 4.69) is 17.4 Å². The van der Waals surface area contributed by atoms with E-state index in [0.717, 1.165) is 22.3 Å². The molecule has 1 aliphatic carbocycles. The molecule has 7 heteroatoms. The number of amides is 2. The summed E-state index contributed by atoms with van der Waals surface area (Å²) in [5.74, 6) is -1.82. The van der Waals surface area contributed by atoms with Gasteiger partial charge in [-0.1, -0.05) is 48.5 Å². The molecule has 4 rings (SSSR count). The van der Waals surface area contributed by atoms with E-state index in [9.17, 15) is 19.5 Å². The average molecular weight is 437 g/mol. The maximum atomic E-state index is 12.9. The highest BCUT2D eigenvalue weighted by molar-refractivity contribution is 5.86. The van der Waals surface area contributed by atoms with E-state index >= 15 is 0 Å². The molecule has 2 aromatic rings. The number of nitrogens with one attached hydrogen (secondary N) is 1. The summed E-state index contributed by atoms with van der Waals surface area (Å²) >= 11 is 0. The van der Waals surface area contributed by atoms with E-state index in [1.165, 1.54) is 0 Å². The number of fused-ring (bicyclic) bond motifs is 3. The van der Waals surface area contributed by atoms with Crippen LogP contribution < -0.4 is 5.32 Å². The van der Waals surface area contributed by atoms with Crippen LogP contribution in [0.3, 0.4) is 0 Å². The Morgan fingerprint density at radius 3 is 2.25 bits per heavy atom. The van der Waals surface area contributed by atoms with Gasteiger partial charge in [0.1, 0.15) is 12.6 Å². The van der Waals surface area contributed by atoms with Crippen LogP contribution in [0.15, 0.2) is 48.5 Å². The molecule has 0 saturated carbocycles. The minimum atomic E-state index is -0.896. The van der Waals surface area contributed by atoms with Gasteiger partial charge >= 0.3 is 12.1 Å². The molecule has 7 nitrogen and oxygen atoms in total. The summed E-state index contributed by atoms with van der Waals surface area (Å²) in [4.78, 5) is 38.2. The maximum absolute atomic E-state index is 12.9. The Hall–Kier alpha value is -3.35. The summed E-state index contributed by atoms with van der Waals surface area (Å²) in [5, 5.41) is 11.9. The standard InChI is InChI=1S/C25H28N2O5/c1-15-11-12-17(24(29)30)13-27(15)23(28)16(2)26-25(31)32-14-22-20-9-5-3-7-18(20)19-8-4-6-10-21(19)22/h3-10,15-17,22H,11-14H2,1-2H3,(H,26,31)(H,29,30)/t15?,16-,17?/m1/s1. The Bertz CT molecular complexity index is 991. The lowest BCUT2D eigenvalue weighted by Crippen LogP contribution is -2.54. The van der Waals surface area contributed by atoms with E-state index < -0.39 is 24.0 Å². The molecule has 2 N–H and O–H groups in total. The van der Waals surface area contributed by atoms with E-state index in [1.54, 1.807) is 11.8 Å². The van der Waals surface area contributed by atoms with E-state index in [0.29, 0.717) is 12.8 Å². The molecule has 1 saturated heterocycles. The topological polar surface area (TPSA) is 95.9 Å². The molecule has 0 bridgehead atoms. The Morgan fingerprint density at radius 1 is 1.06 bits per heavy atom. The maximum Gasteiger partial charge on any atom is 0.407 e. The van der Waals surface area contributed by atoms with Crippen LogP contribution in [0, 0.1) is 5.92 Å². The molecule has 1 fully saturated rings. The lowest BCUT2D eigenvalue weighted by molar-refractivity contribution is -0.147. The zero-order valence-electron chi connectivity index (χ0n) is 18.3. The van der Waals surface area contributed by atoms with Crippen molar-refractivity contribution < 1.29 is 24.2 Å². The molecule has 168 valence electrons. The molecule has 2 aliphatic rings. The Morgan fingerprint density at radius 2 is 1.66 bits per heavy atom. The number of carboxylic acids is 1. The Kier molecular flexibility index (Phi) is 6.17. The van der Waals surface area contributed by atoms with Crippen molar-refractivity contribution in [2.45, 2.75) is 44.7 Å². The van der Waals surface area contributed by atoms with Gasteiger partial charge in [0.25, 0.3) is 0 Å². The highest BCUT2D eigenvalue weighted by Crippen LogP contribution is 2.44. The van der Waals surface area contributed by atoms with Crippen LogP contribution in [0.2, 0.25) is 0 Å². The molecule has 2 aromatic carbocycles. The number of carbonyl (C=O) groups is 3. The second kappa shape index (κ2) is 9.02. The summed E-state index contributed by atoms with van der Waals surface area (Å²) in [6, 6.07) is 15.3. The zero-order valence-corrected chi connectivity index (χ0v) is 18.3. The zero-order chi connectivity index (χ0) is 22.8. The number of ether oxygens (including phenoxy) is 1. The number of benzene rings is 2. The van der Waals surface area contributed by atoms with Crippen LogP contribution in [0.5, 0.6) is 0 Å². The first-order valence-corrected chi connectivity index (χ1v) is 11.0. The Labute approximate surface area is 187 Å². The van der Waals surface area contributed by atoms with E-state index in [1.807, 2.05) is 43.3 Å². The number of carbonyl (C=O) groups excluding carboxylic acids is 2. The highest BCUT2D eigenvalue weighted by atomic mass is 16.5. The Balaban J connectivity index is 1.37. The highest BCUT2D eigenvalue weighted by Gasteiger charge is 2.35. The van der Waals surface area contributed by atoms with Crippen molar-refractivity contribution in [3.05, 3.63) is 59.7 Å². The molecule has 2 amide bonds. The molecule has 3 atom stereocenters. The molecule has 0 radical (unpaired) electrons. The number of aliphatic carboxylic acids is 1. The number of rotatable bonds is 5. The van der Waals surface area contributed by atoms with Crippen LogP contribution in [-0.4, -0.2) is 53.2 Å². The number of carboxylic acid groups (broad SMARTS) is 1. The number of alkyl carbamates (subject to hydrolysis) is 1. The first-order chi connectivity index (χ1) is 15.4. The second-order valence-electron chi connectivity index (χ2n) is 8.64. The normalized spacial score (nSPS) is 20.8. The van der Waals surface area contributed by atoms with Crippen LogP contribution >= 0.6 is 0 Å². The van der Waals surface area contributed by atoms with Gasteiger partial charge < -0.3 is 20.1 Å².